The second kappa shape index (κ2) is 5.89. The van der Waals surface area contributed by atoms with E-state index >= 15 is 0 Å². The van der Waals surface area contributed by atoms with Crippen LogP contribution in [0.1, 0.15) is 51.9 Å². The molecule has 0 spiro atoms. The SMILES string of the molecule is CCCC[C@H]1CC[C@H](C(O)C(F)(F)F)CC1. The molecule has 0 aliphatic heterocycles. The molecule has 1 saturated carbocycles. The second-order valence-electron chi connectivity index (χ2n) is 4.91. The van der Waals surface area contributed by atoms with Gasteiger partial charge in [0.05, 0.1) is 0 Å². The molecule has 1 aliphatic carbocycles. The Hall–Kier alpha value is -0.250. The van der Waals surface area contributed by atoms with Crippen LogP contribution in [0.25, 0.3) is 0 Å². The van der Waals surface area contributed by atoms with Crippen molar-refractivity contribution in [3.63, 3.8) is 0 Å². The van der Waals surface area contributed by atoms with Gasteiger partial charge in [0.15, 0.2) is 6.10 Å². The first-order valence-corrected chi connectivity index (χ1v) is 6.20. The molecule has 4 heteroatoms. The van der Waals surface area contributed by atoms with Crippen LogP contribution in [0.5, 0.6) is 0 Å². The lowest BCUT2D eigenvalue weighted by molar-refractivity contribution is -0.222. The Morgan fingerprint density at radius 2 is 1.75 bits per heavy atom. The predicted molar refractivity (Wildman–Crippen MR) is 57.0 cm³/mol. The van der Waals surface area contributed by atoms with E-state index in [1.165, 1.54) is 0 Å². The van der Waals surface area contributed by atoms with E-state index in [2.05, 4.69) is 6.92 Å². The van der Waals surface area contributed by atoms with E-state index in [0.717, 1.165) is 32.1 Å². The van der Waals surface area contributed by atoms with Gasteiger partial charge < -0.3 is 5.11 Å². The summed E-state index contributed by atoms with van der Waals surface area (Å²) in [6, 6.07) is 0. The molecule has 1 fully saturated rings. The van der Waals surface area contributed by atoms with E-state index in [0.29, 0.717) is 18.8 Å². The van der Waals surface area contributed by atoms with Crippen LogP contribution in [0.3, 0.4) is 0 Å². The Labute approximate surface area is 95.0 Å². The zero-order valence-corrected chi connectivity index (χ0v) is 9.76. The lowest BCUT2D eigenvalue weighted by atomic mass is 9.77. The van der Waals surface area contributed by atoms with Gasteiger partial charge in [0.25, 0.3) is 0 Å². The summed E-state index contributed by atoms with van der Waals surface area (Å²) in [7, 11) is 0. The molecule has 1 N–H and O–H groups in total. The van der Waals surface area contributed by atoms with Crippen LogP contribution in [0.4, 0.5) is 13.2 Å². The summed E-state index contributed by atoms with van der Waals surface area (Å²) in [5, 5.41) is 9.15. The number of halogens is 3. The van der Waals surface area contributed by atoms with E-state index in [1.54, 1.807) is 0 Å². The summed E-state index contributed by atoms with van der Waals surface area (Å²) < 4.78 is 36.9. The Kier molecular flexibility index (Phi) is 5.09. The van der Waals surface area contributed by atoms with Gasteiger partial charge in [-0.05, 0) is 24.7 Å². The first kappa shape index (κ1) is 13.8. The molecule has 0 radical (unpaired) electrons. The van der Waals surface area contributed by atoms with E-state index in [9.17, 15) is 13.2 Å². The van der Waals surface area contributed by atoms with E-state index in [1.807, 2.05) is 0 Å². The van der Waals surface area contributed by atoms with Gasteiger partial charge in [0.1, 0.15) is 0 Å². The number of aliphatic hydroxyl groups excluding tert-OH is 1. The molecular formula is C12H21F3O. The summed E-state index contributed by atoms with van der Waals surface area (Å²) in [6.07, 6.45) is -0.381. The van der Waals surface area contributed by atoms with Crippen LogP contribution in [0.15, 0.2) is 0 Å². The zero-order chi connectivity index (χ0) is 12.2. The van der Waals surface area contributed by atoms with Crippen LogP contribution >= 0.6 is 0 Å². The quantitative estimate of drug-likeness (QED) is 0.787. The van der Waals surface area contributed by atoms with Crippen LogP contribution in [-0.2, 0) is 0 Å². The molecule has 0 bridgehead atoms. The largest absolute Gasteiger partial charge is 0.414 e. The van der Waals surface area contributed by atoms with Crippen molar-refractivity contribution in [3.05, 3.63) is 0 Å². The Morgan fingerprint density at radius 1 is 1.19 bits per heavy atom. The third kappa shape index (κ3) is 3.96. The molecule has 1 unspecified atom stereocenters. The molecule has 16 heavy (non-hydrogen) atoms. The van der Waals surface area contributed by atoms with E-state index in [4.69, 9.17) is 5.11 Å². The highest BCUT2D eigenvalue weighted by Gasteiger charge is 2.44. The first-order chi connectivity index (χ1) is 7.45. The van der Waals surface area contributed by atoms with Gasteiger partial charge in [-0.3, -0.25) is 0 Å². The van der Waals surface area contributed by atoms with Crippen LogP contribution < -0.4 is 0 Å². The summed E-state index contributed by atoms with van der Waals surface area (Å²) in [5.74, 6) is 0.00881. The Morgan fingerprint density at radius 3 is 2.19 bits per heavy atom. The maximum atomic E-state index is 12.3. The third-order valence-electron chi connectivity index (χ3n) is 3.64. The van der Waals surface area contributed by atoms with Crippen LogP contribution in [0, 0.1) is 11.8 Å². The van der Waals surface area contributed by atoms with Crippen molar-refractivity contribution in [1.29, 1.82) is 0 Å². The standard InChI is InChI=1S/C12H21F3O/c1-2-3-4-9-5-7-10(8-6-9)11(16)12(13,14)15/h9-11,16H,2-8H2,1H3/t9-,10-,11?. The van der Waals surface area contributed by atoms with E-state index < -0.39 is 18.2 Å². The van der Waals surface area contributed by atoms with Crippen LogP contribution in [0.2, 0.25) is 0 Å². The summed E-state index contributed by atoms with van der Waals surface area (Å²) in [6.45, 7) is 2.12. The van der Waals surface area contributed by atoms with E-state index in [-0.39, 0.29) is 0 Å². The molecule has 0 saturated heterocycles. The van der Waals surface area contributed by atoms with Gasteiger partial charge >= 0.3 is 6.18 Å². The fourth-order valence-electron chi connectivity index (χ4n) is 2.55. The summed E-state index contributed by atoms with van der Waals surface area (Å²) in [4.78, 5) is 0. The van der Waals surface area contributed by atoms with Gasteiger partial charge in [0, 0.05) is 0 Å². The minimum atomic E-state index is -4.44. The molecule has 0 aromatic rings. The zero-order valence-electron chi connectivity index (χ0n) is 9.76. The average Bonchev–Trinajstić information content (AvgIpc) is 2.25. The highest BCUT2D eigenvalue weighted by atomic mass is 19.4. The lowest BCUT2D eigenvalue weighted by Gasteiger charge is -2.32. The van der Waals surface area contributed by atoms with Gasteiger partial charge in [-0.15, -0.1) is 0 Å². The van der Waals surface area contributed by atoms with Gasteiger partial charge in [0.2, 0.25) is 0 Å². The number of hydrogen-bond acceptors (Lipinski definition) is 1. The molecule has 96 valence electrons. The van der Waals surface area contributed by atoms with Crippen molar-refractivity contribution in [2.75, 3.05) is 0 Å². The van der Waals surface area contributed by atoms with Gasteiger partial charge in [-0.25, -0.2) is 0 Å². The van der Waals surface area contributed by atoms with Crippen molar-refractivity contribution in [2.45, 2.75) is 64.1 Å². The molecule has 1 atom stereocenters. The predicted octanol–water partition coefficient (Wildman–Crippen LogP) is 3.91. The molecule has 0 amide bonds. The minimum Gasteiger partial charge on any atom is -0.383 e. The number of hydrogen-bond donors (Lipinski definition) is 1. The van der Waals surface area contributed by atoms with Crippen molar-refractivity contribution >= 4 is 0 Å². The third-order valence-corrected chi connectivity index (χ3v) is 3.64. The highest BCUT2D eigenvalue weighted by molar-refractivity contribution is 4.81. The normalized spacial score (nSPS) is 29.1. The number of alkyl halides is 3. The van der Waals surface area contributed by atoms with Gasteiger partial charge in [-0.1, -0.05) is 39.0 Å². The molecule has 1 rings (SSSR count). The van der Waals surface area contributed by atoms with Gasteiger partial charge in [-0.2, -0.15) is 13.2 Å². The summed E-state index contributed by atoms with van der Waals surface area (Å²) in [5.41, 5.74) is 0. The maximum absolute atomic E-state index is 12.3. The smallest absolute Gasteiger partial charge is 0.383 e. The average molecular weight is 238 g/mol. The van der Waals surface area contributed by atoms with Crippen molar-refractivity contribution in [1.82, 2.24) is 0 Å². The second-order valence-corrected chi connectivity index (χ2v) is 4.91. The fourth-order valence-corrected chi connectivity index (χ4v) is 2.55. The lowest BCUT2D eigenvalue weighted by Crippen LogP contribution is -2.37. The minimum absolute atomic E-state index is 0.523. The first-order valence-electron chi connectivity index (χ1n) is 6.20. The molecule has 0 heterocycles. The monoisotopic (exact) mass is 238 g/mol. The molecule has 0 aromatic carbocycles. The van der Waals surface area contributed by atoms with Crippen LogP contribution in [-0.4, -0.2) is 17.4 Å². The molecular weight excluding hydrogens is 217 g/mol. The number of unbranched alkanes of at least 4 members (excludes halogenated alkanes) is 1. The molecule has 1 nitrogen and oxygen atoms in total. The Bertz CT molecular complexity index is 195. The molecule has 0 aromatic heterocycles. The maximum Gasteiger partial charge on any atom is 0.414 e. The highest BCUT2D eigenvalue weighted by Crippen LogP contribution is 2.38. The Balaban J connectivity index is 2.31. The number of aliphatic hydroxyl groups is 1. The van der Waals surface area contributed by atoms with Crippen molar-refractivity contribution < 1.29 is 18.3 Å². The van der Waals surface area contributed by atoms with Crippen molar-refractivity contribution in [3.8, 4) is 0 Å². The molecule has 1 aliphatic rings. The topological polar surface area (TPSA) is 20.2 Å². The fraction of sp³-hybridized carbons (Fsp3) is 1.00. The van der Waals surface area contributed by atoms with Crippen molar-refractivity contribution in [2.24, 2.45) is 11.8 Å². The number of rotatable bonds is 4. The summed E-state index contributed by atoms with van der Waals surface area (Å²) >= 11 is 0.